The summed E-state index contributed by atoms with van der Waals surface area (Å²) < 4.78 is 1.60. The highest BCUT2D eigenvalue weighted by atomic mass is 32.2. The van der Waals surface area contributed by atoms with Crippen LogP contribution in [0.2, 0.25) is 0 Å². The second-order valence-electron chi connectivity index (χ2n) is 4.16. The van der Waals surface area contributed by atoms with Crippen LogP contribution in [0.25, 0.3) is 5.69 Å². The summed E-state index contributed by atoms with van der Waals surface area (Å²) in [7, 11) is 0. The molecule has 0 radical (unpaired) electrons. The lowest BCUT2D eigenvalue weighted by molar-refractivity contribution is 0.831. The van der Waals surface area contributed by atoms with Crippen LogP contribution in [0.4, 0.5) is 0 Å². The Bertz CT molecular complexity index is 583. The van der Waals surface area contributed by atoms with Crippen LogP contribution in [-0.4, -0.2) is 16.0 Å². The number of hydrogen-bond donors (Lipinski definition) is 1. The van der Waals surface area contributed by atoms with Crippen molar-refractivity contribution in [3.8, 4) is 5.69 Å². The van der Waals surface area contributed by atoms with Crippen molar-refractivity contribution < 1.29 is 0 Å². The first-order valence-electron chi connectivity index (χ1n) is 5.49. The van der Waals surface area contributed by atoms with Crippen molar-refractivity contribution in [2.45, 2.75) is 19.6 Å². The molecule has 2 aromatic rings. The first kappa shape index (κ1) is 12.0. The van der Waals surface area contributed by atoms with Gasteiger partial charge in [-0.3, -0.25) is 9.89 Å². The molecule has 0 fully saturated rings. The number of nitrogens with one attached hydrogen (secondary N) is 1. The summed E-state index contributed by atoms with van der Waals surface area (Å²) in [4.78, 5) is 11.8. The van der Waals surface area contributed by atoms with E-state index in [0.29, 0.717) is 0 Å². The van der Waals surface area contributed by atoms with E-state index in [1.807, 2.05) is 24.5 Å². The molecule has 1 N–H and O–H groups in total. The van der Waals surface area contributed by atoms with Gasteiger partial charge < -0.3 is 0 Å². The van der Waals surface area contributed by atoms with Gasteiger partial charge in [0, 0.05) is 17.5 Å². The van der Waals surface area contributed by atoms with Gasteiger partial charge in [-0.05, 0) is 43.4 Å². The van der Waals surface area contributed by atoms with Crippen molar-refractivity contribution >= 4 is 11.8 Å². The van der Waals surface area contributed by atoms with E-state index in [1.165, 1.54) is 11.1 Å². The average Bonchev–Trinajstić information content (AvgIpc) is 2.64. The summed E-state index contributed by atoms with van der Waals surface area (Å²) in [6.07, 6.45) is 2.02. The molecule has 0 aliphatic carbocycles. The van der Waals surface area contributed by atoms with Crippen LogP contribution in [0.1, 0.15) is 16.8 Å². The van der Waals surface area contributed by atoms with E-state index in [2.05, 4.69) is 18.9 Å². The molecule has 0 saturated heterocycles. The lowest BCUT2D eigenvalue weighted by atomic mass is 10.1. The Morgan fingerprint density at radius 1 is 1.24 bits per heavy atom. The predicted molar refractivity (Wildman–Crippen MR) is 73.1 cm³/mol. The molecule has 1 heterocycles. The number of aryl methyl sites for hydroxylation is 2. The zero-order valence-corrected chi connectivity index (χ0v) is 11.1. The van der Waals surface area contributed by atoms with Crippen molar-refractivity contribution in [1.82, 2.24) is 9.78 Å². The molecule has 0 aliphatic rings. The maximum Gasteiger partial charge on any atom is 0.271 e. The minimum atomic E-state index is -0.00250. The zero-order chi connectivity index (χ0) is 12.4. The average molecular weight is 248 g/mol. The summed E-state index contributed by atoms with van der Waals surface area (Å²) in [5.74, 6) is 0.826. The van der Waals surface area contributed by atoms with E-state index in [9.17, 15) is 4.79 Å². The Hall–Kier alpha value is -1.42. The lowest BCUT2D eigenvalue weighted by Crippen LogP contribution is -2.13. The second kappa shape index (κ2) is 4.84. The molecule has 0 amide bonds. The highest BCUT2D eigenvalue weighted by Crippen LogP contribution is 2.13. The first-order chi connectivity index (χ1) is 8.11. The van der Waals surface area contributed by atoms with E-state index in [4.69, 9.17) is 0 Å². The van der Waals surface area contributed by atoms with Crippen molar-refractivity contribution in [1.29, 1.82) is 0 Å². The van der Waals surface area contributed by atoms with Gasteiger partial charge in [0.15, 0.2) is 0 Å². The Morgan fingerprint density at radius 3 is 2.65 bits per heavy atom. The Labute approximate surface area is 105 Å². The van der Waals surface area contributed by atoms with Crippen molar-refractivity contribution in [2.75, 3.05) is 6.26 Å². The maximum absolute atomic E-state index is 11.8. The molecule has 90 valence electrons. The summed E-state index contributed by atoms with van der Waals surface area (Å²) in [6, 6.07) is 7.68. The minimum absolute atomic E-state index is 0.00250. The van der Waals surface area contributed by atoms with Gasteiger partial charge >= 0.3 is 0 Å². The smallest absolute Gasteiger partial charge is 0.271 e. The van der Waals surface area contributed by atoms with Crippen LogP contribution >= 0.6 is 11.8 Å². The van der Waals surface area contributed by atoms with Gasteiger partial charge in [0.05, 0.1) is 5.69 Å². The Morgan fingerprint density at radius 2 is 2.00 bits per heavy atom. The second-order valence-corrected chi connectivity index (χ2v) is 5.02. The molecule has 2 rings (SSSR count). The quantitative estimate of drug-likeness (QED) is 0.906. The highest BCUT2D eigenvalue weighted by molar-refractivity contribution is 7.97. The molecule has 1 aromatic heterocycles. The van der Waals surface area contributed by atoms with Crippen LogP contribution in [0, 0.1) is 13.8 Å². The van der Waals surface area contributed by atoms with Gasteiger partial charge in [0.25, 0.3) is 5.56 Å². The van der Waals surface area contributed by atoms with Gasteiger partial charge in [-0.15, -0.1) is 0 Å². The fourth-order valence-electron chi connectivity index (χ4n) is 1.73. The molecule has 0 atom stereocenters. The Balaban J connectivity index is 2.45. The van der Waals surface area contributed by atoms with E-state index in [1.54, 1.807) is 22.5 Å². The summed E-state index contributed by atoms with van der Waals surface area (Å²) in [6.45, 7) is 4.12. The van der Waals surface area contributed by atoms with Gasteiger partial charge in [0.1, 0.15) is 0 Å². The lowest BCUT2D eigenvalue weighted by Gasteiger charge is -2.05. The Kier molecular flexibility index (Phi) is 3.43. The fraction of sp³-hybridized carbons (Fsp3) is 0.308. The van der Waals surface area contributed by atoms with Crippen LogP contribution in [0.5, 0.6) is 0 Å². The molecule has 0 aliphatic heterocycles. The highest BCUT2D eigenvalue weighted by Gasteiger charge is 2.05. The number of thioether (sulfide) groups is 1. The molecule has 4 heteroatoms. The number of H-pyrrole nitrogens is 1. The SMILES string of the molecule is CSCc1cc(=O)n(-c2ccc(C)c(C)c2)[nH]1. The van der Waals surface area contributed by atoms with Gasteiger partial charge in [-0.25, -0.2) is 4.68 Å². The third kappa shape index (κ3) is 2.47. The molecule has 0 spiro atoms. The number of aromatic amines is 1. The maximum atomic E-state index is 11.8. The van der Waals surface area contributed by atoms with Crippen LogP contribution in [-0.2, 0) is 5.75 Å². The first-order valence-corrected chi connectivity index (χ1v) is 6.88. The molecule has 0 bridgehead atoms. The minimum Gasteiger partial charge on any atom is -0.294 e. The predicted octanol–water partition coefficient (Wildman–Crippen LogP) is 2.65. The molecule has 3 nitrogen and oxygen atoms in total. The normalized spacial score (nSPS) is 10.8. The van der Waals surface area contributed by atoms with E-state index in [0.717, 1.165) is 17.1 Å². The number of hydrogen-bond acceptors (Lipinski definition) is 2. The summed E-state index contributed by atoms with van der Waals surface area (Å²) in [5.41, 5.74) is 4.27. The van der Waals surface area contributed by atoms with E-state index >= 15 is 0 Å². The molecule has 17 heavy (non-hydrogen) atoms. The van der Waals surface area contributed by atoms with E-state index < -0.39 is 0 Å². The molecule has 0 saturated carbocycles. The molecule has 0 unspecified atom stereocenters. The standard InChI is InChI=1S/C13H16N2OS/c1-9-4-5-12(6-10(9)2)15-13(16)7-11(14-15)8-17-3/h4-7,14H,8H2,1-3H3. The summed E-state index contributed by atoms with van der Waals surface area (Å²) in [5, 5.41) is 3.13. The number of rotatable bonds is 3. The van der Waals surface area contributed by atoms with Gasteiger partial charge in [-0.2, -0.15) is 11.8 Å². The monoisotopic (exact) mass is 248 g/mol. The number of benzene rings is 1. The molecular weight excluding hydrogens is 232 g/mol. The third-order valence-electron chi connectivity index (χ3n) is 2.82. The topological polar surface area (TPSA) is 37.8 Å². The number of nitrogens with zero attached hydrogens (tertiary/aromatic N) is 1. The van der Waals surface area contributed by atoms with Gasteiger partial charge in [0.2, 0.25) is 0 Å². The molecule has 1 aromatic carbocycles. The van der Waals surface area contributed by atoms with E-state index in [-0.39, 0.29) is 5.56 Å². The van der Waals surface area contributed by atoms with Crippen LogP contribution in [0.15, 0.2) is 29.1 Å². The van der Waals surface area contributed by atoms with Crippen molar-refractivity contribution in [3.63, 3.8) is 0 Å². The van der Waals surface area contributed by atoms with Crippen LogP contribution in [0.3, 0.4) is 0 Å². The number of aromatic nitrogens is 2. The molecular formula is C13H16N2OS. The largest absolute Gasteiger partial charge is 0.294 e. The fourth-order valence-corrected chi connectivity index (χ4v) is 2.19. The summed E-state index contributed by atoms with van der Waals surface area (Å²) >= 11 is 1.69. The van der Waals surface area contributed by atoms with Crippen LogP contribution < -0.4 is 5.56 Å². The van der Waals surface area contributed by atoms with Crippen molar-refractivity contribution in [2.24, 2.45) is 0 Å². The van der Waals surface area contributed by atoms with Gasteiger partial charge in [-0.1, -0.05) is 6.07 Å². The third-order valence-corrected chi connectivity index (χ3v) is 3.42. The zero-order valence-electron chi connectivity index (χ0n) is 10.3. The van der Waals surface area contributed by atoms with Crippen molar-refractivity contribution in [3.05, 3.63) is 51.4 Å².